The lowest BCUT2D eigenvalue weighted by atomic mass is 10.1. The second-order valence-electron chi connectivity index (χ2n) is 8.64. The summed E-state index contributed by atoms with van der Waals surface area (Å²) in [7, 11) is 0. The Kier molecular flexibility index (Phi) is 8.39. The smallest absolute Gasteiger partial charge is 0.251 e. The van der Waals surface area contributed by atoms with Crippen LogP contribution >= 0.6 is 0 Å². The third kappa shape index (κ3) is 7.24. The van der Waals surface area contributed by atoms with E-state index in [9.17, 15) is 9.59 Å². The van der Waals surface area contributed by atoms with Crippen molar-refractivity contribution in [3.63, 3.8) is 0 Å². The lowest BCUT2D eigenvalue weighted by Gasteiger charge is -2.22. The summed E-state index contributed by atoms with van der Waals surface area (Å²) in [6.45, 7) is 2.93. The Bertz CT molecular complexity index is 1320. The molecule has 4 rings (SSSR count). The number of benzene rings is 3. The molecule has 1 N–H and O–H groups in total. The van der Waals surface area contributed by atoms with Crippen molar-refractivity contribution < 1.29 is 9.59 Å². The first-order valence-electron chi connectivity index (χ1n) is 11.9. The monoisotopic (exact) mass is 475 g/mol. The van der Waals surface area contributed by atoms with Gasteiger partial charge in [-0.1, -0.05) is 78.4 Å². The molecular formula is C31H29N3O2. The normalized spacial score (nSPS) is 10.8. The molecule has 0 aliphatic carbocycles. The summed E-state index contributed by atoms with van der Waals surface area (Å²) >= 11 is 0. The van der Waals surface area contributed by atoms with Gasteiger partial charge in [0.2, 0.25) is 5.91 Å². The zero-order valence-electron chi connectivity index (χ0n) is 20.3. The van der Waals surface area contributed by atoms with E-state index in [-0.39, 0.29) is 18.2 Å². The molecule has 1 aromatic heterocycles. The van der Waals surface area contributed by atoms with E-state index in [1.807, 2.05) is 97.9 Å². The minimum atomic E-state index is -0.109. The fourth-order valence-electron chi connectivity index (χ4n) is 3.86. The Labute approximate surface area is 212 Å². The van der Waals surface area contributed by atoms with E-state index < -0.39 is 0 Å². The van der Waals surface area contributed by atoms with Crippen LogP contribution in [0.25, 0.3) is 6.08 Å². The van der Waals surface area contributed by atoms with Crippen LogP contribution in [-0.2, 0) is 29.1 Å². The third-order valence-corrected chi connectivity index (χ3v) is 5.73. The topological polar surface area (TPSA) is 62.3 Å². The van der Waals surface area contributed by atoms with E-state index in [1.165, 1.54) is 0 Å². The van der Waals surface area contributed by atoms with Crippen LogP contribution < -0.4 is 10.2 Å². The second kappa shape index (κ2) is 12.3. The summed E-state index contributed by atoms with van der Waals surface area (Å²) in [5.41, 5.74) is 5.77. The number of anilines is 1. The van der Waals surface area contributed by atoms with Gasteiger partial charge in [0.25, 0.3) is 5.91 Å². The highest BCUT2D eigenvalue weighted by molar-refractivity contribution is 6.03. The van der Waals surface area contributed by atoms with Crippen molar-refractivity contribution in [2.24, 2.45) is 0 Å². The maximum absolute atomic E-state index is 13.3. The van der Waals surface area contributed by atoms with Gasteiger partial charge in [-0.05, 0) is 53.5 Å². The molecule has 0 saturated carbocycles. The van der Waals surface area contributed by atoms with Crippen LogP contribution in [0.15, 0.2) is 109 Å². The van der Waals surface area contributed by atoms with Gasteiger partial charge >= 0.3 is 0 Å². The van der Waals surface area contributed by atoms with Gasteiger partial charge in [-0.3, -0.25) is 14.6 Å². The third-order valence-electron chi connectivity index (χ3n) is 5.73. The number of nitrogens with zero attached hydrogens (tertiary/aromatic N) is 2. The van der Waals surface area contributed by atoms with E-state index in [0.717, 1.165) is 33.5 Å². The minimum absolute atomic E-state index is 0.0647. The molecule has 0 atom stereocenters. The molecule has 4 aromatic rings. The number of hydrogen-bond acceptors (Lipinski definition) is 3. The molecule has 0 radical (unpaired) electrons. The average Bonchev–Trinajstić information content (AvgIpc) is 2.91. The van der Waals surface area contributed by atoms with Gasteiger partial charge in [0.15, 0.2) is 0 Å². The van der Waals surface area contributed by atoms with E-state index in [1.54, 1.807) is 23.4 Å². The van der Waals surface area contributed by atoms with Crippen LogP contribution in [0.4, 0.5) is 5.69 Å². The fraction of sp³-hybridized carbons (Fsp3) is 0.129. The second-order valence-corrected chi connectivity index (χ2v) is 8.64. The van der Waals surface area contributed by atoms with Crippen molar-refractivity contribution in [2.75, 3.05) is 4.90 Å². The molecule has 0 saturated heterocycles. The average molecular weight is 476 g/mol. The lowest BCUT2D eigenvalue weighted by Crippen LogP contribution is -2.29. The Morgan fingerprint density at radius 1 is 0.861 bits per heavy atom. The number of hydrogen-bond donors (Lipinski definition) is 1. The molecule has 36 heavy (non-hydrogen) atoms. The maximum atomic E-state index is 13.3. The molecule has 1 heterocycles. The number of amides is 2. The Balaban J connectivity index is 1.47. The number of aryl methyl sites for hydroxylation is 1. The van der Waals surface area contributed by atoms with Gasteiger partial charge < -0.3 is 10.2 Å². The molecule has 0 bridgehead atoms. The quantitative estimate of drug-likeness (QED) is 0.325. The fourth-order valence-corrected chi connectivity index (χ4v) is 3.86. The Morgan fingerprint density at radius 3 is 2.36 bits per heavy atom. The summed E-state index contributed by atoms with van der Waals surface area (Å²) in [5, 5.41) is 2.92. The molecule has 0 aliphatic heterocycles. The highest BCUT2D eigenvalue weighted by Gasteiger charge is 2.15. The summed E-state index contributed by atoms with van der Waals surface area (Å²) in [5.74, 6) is -0.174. The van der Waals surface area contributed by atoms with E-state index in [4.69, 9.17) is 0 Å². The molecule has 2 amide bonds. The van der Waals surface area contributed by atoms with Crippen LogP contribution in [-0.4, -0.2) is 16.8 Å². The molecule has 5 heteroatoms. The standard InChI is InChI=1S/C31H29N3O2/c1-24-7-5-10-27(19-24)23-34(31(36)17-14-25-8-3-2-4-9-25)29-15-12-26(13-16-29)20-30(35)33-22-28-11-6-18-32-21-28/h2-19,21H,20,22-23H2,1H3,(H,33,35). The first-order chi connectivity index (χ1) is 17.6. The number of nitrogens with one attached hydrogen (secondary N) is 1. The van der Waals surface area contributed by atoms with Crippen molar-refractivity contribution in [1.29, 1.82) is 0 Å². The molecular weight excluding hydrogens is 446 g/mol. The zero-order valence-corrected chi connectivity index (χ0v) is 20.3. The van der Waals surface area contributed by atoms with Crippen molar-refractivity contribution in [2.45, 2.75) is 26.4 Å². The SMILES string of the molecule is Cc1cccc(CN(C(=O)C=Cc2ccccc2)c2ccc(CC(=O)NCc3cccnc3)cc2)c1. The maximum Gasteiger partial charge on any atom is 0.251 e. The summed E-state index contributed by atoms with van der Waals surface area (Å²) < 4.78 is 0. The minimum Gasteiger partial charge on any atom is -0.352 e. The van der Waals surface area contributed by atoms with Crippen LogP contribution in [0, 0.1) is 6.92 Å². The van der Waals surface area contributed by atoms with Crippen molar-refractivity contribution in [1.82, 2.24) is 10.3 Å². The van der Waals surface area contributed by atoms with E-state index in [0.29, 0.717) is 13.1 Å². The molecule has 5 nitrogen and oxygen atoms in total. The molecule has 0 aliphatic rings. The van der Waals surface area contributed by atoms with Crippen LogP contribution in [0.2, 0.25) is 0 Å². The van der Waals surface area contributed by atoms with Gasteiger partial charge in [-0.2, -0.15) is 0 Å². The van der Waals surface area contributed by atoms with Gasteiger partial charge in [-0.25, -0.2) is 0 Å². The van der Waals surface area contributed by atoms with Crippen LogP contribution in [0.3, 0.4) is 0 Å². The van der Waals surface area contributed by atoms with E-state index in [2.05, 4.69) is 16.4 Å². The summed E-state index contributed by atoms with van der Waals surface area (Å²) in [6, 6.07) is 29.3. The van der Waals surface area contributed by atoms with Crippen molar-refractivity contribution in [3.8, 4) is 0 Å². The van der Waals surface area contributed by atoms with Crippen LogP contribution in [0.5, 0.6) is 0 Å². The number of carbonyl (C=O) groups is 2. The largest absolute Gasteiger partial charge is 0.352 e. The molecule has 0 unspecified atom stereocenters. The number of rotatable bonds is 9. The lowest BCUT2D eigenvalue weighted by molar-refractivity contribution is -0.120. The predicted octanol–water partition coefficient (Wildman–Crippen LogP) is 5.50. The highest BCUT2D eigenvalue weighted by atomic mass is 16.2. The number of pyridine rings is 1. The summed E-state index contributed by atoms with van der Waals surface area (Å²) in [4.78, 5) is 31.5. The molecule has 0 spiro atoms. The van der Waals surface area contributed by atoms with E-state index >= 15 is 0 Å². The molecule has 180 valence electrons. The Hall–Kier alpha value is -4.51. The predicted molar refractivity (Wildman–Crippen MR) is 144 cm³/mol. The van der Waals surface area contributed by atoms with Crippen molar-refractivity contribution >= 4 is 23.6 Å². The first kappa shape index (κ1) is 24.6. The van der Waals surface area contributed by atoms with Gasteiger partial charge in [0.1, 0.15) is 0 Å². The molecule has 0 fully saturated rings. The van der Waals surface area contributed by atoms with Gasteiger partial charge in [-0.15, -0.1) is 0 Å². The number of aromatic nitrogens is 1. The van der Waals surface area contributed by atoms with Gasteiger partial charge in [0.05, 0.1) is 13.0 Å². The van der Waals surface area contributed by atoms with Crippen LogP contribution in [0.1, 0.15) is 27.8 Å². The van der Waals surface area contributed by atoms with Crippen molar-refractivity contribution in [3.05, 3.63) is 137 Å². The number of carbonyl (C=O) groups excluding carboxylic acids is 2. The summed E-state index contributed by atoms with van der Waals surface area (Å²) in [6.07, 6.45) is 7.14. The first-order valence-corrected chi connectivity index (χ1v) is 11.9. The molecule has 3 aromatic carbocycles. The Morgan fingerprint density at radius 2 is 1.64 bits per heavy atom. The zero-order chi connectivity index (χ0) is 25.2. The van der Waals surface area contributed by atoms with Gasteiger partial charge in [0, 0.05) is 30.7 Å². The highest BCUT2D eigenvalue weighted by Crippen LogP contribution is 2.20.